The number of aryl methyl sites for hydroxylation is 2. The molecule has 0 bridgehead atoms. The highest BCUT2D eigenvalue weighted by Crippen LogP contribution is 2.21. The second-order valence-corrected chi connectivity index (χ2v) is 5.10. The Morgan fingerprint density at radius 2 is 2.14 bits per heavy atom. The Morgan fingerprint density at radius 3 is 2.76 bits per heavy atom. The quantitative estimate of drug-likeness (QED) is 0.848. The Labute approximate surface area is 127 Å². The molecule has 0 atom stereocenters. The molecule has 1 heterocycles. The molecule has 0 N–H and O–H groups in total. The van der Waals surface area contributed by atoms with Crippen molar-refractivity contribution in [1.82, 2.24) is 15.1 Å². The highest BCUT2D eigenvalue weighted by atomic mass is 35.5. The average Bonchev–Trinajstić information content (AvgIpc) is 2.82. The first-order valence-corrected chi connectivity index (χ1v) is 6.75. The van der Waals surface area contributed by atoms with Gasteiger partial charge in [0.25, 0.3) is 5.91 Å². The molecule has 7 heteroatoms. The van der Waals surface area contributed by atoms with Crippen molar-refractivity contribution in [3.05, 3.63) is 40.6 Å². The summed E-state index contributed by atoms with van der Waals surface area (Å²) in [6, 6.07) is 5.25. The number of benzene rings is 1. The molecule has 2 aromatic rings. The van der Waals surface area contributed by atoms with Crippen LogP contribution >= 0.6 is 11.6 Å². The molecule has 0 aliphatic carbocycles. The third-order valence-corrected chi connectivity index (χ3v) is 3.09. The van der Waals surface area contributed by atoms with Gasteiger partial charge in [-0.3, -0.25) is 4.79 Å². The Hall–Kier alpha value is -2.08. The molecule has 1 amide bonds. The summed E-state index contributed by atoms with van der Waals surface area (Å²) in [6.45, 7) is 3.76. The average molecular weight is 310 g/mol. The Kier molecular flexibility index (Phi) is 4.80. The Morgan fingerprint density at radius 1 is 1.38 bits per heavy atom. The van der Waals surface area contributed by atoms with Gasteiger partial charge in [0.1, 0.15) is 5.75 Å². The molecule has 1 aromatic carbocycles. The number of hydrogen-bond acceptors (Lipinski definition) is 5. The van der Waals surface area contributed by atoms with Crippen LogP contribution in [0.15, 0.2) is 22.6 Å². The normalized spacial score (nSPS) is 10.5. The molecule has 112 valence electrons. The predicted molar refractivity (Wildman–Crippen MR) is 77.2 cm³/mol. The number of ether oxygens (including phenoxy) is 1. The first kappa shape index (κ1) is 15.3. The molecular formula is C14H16ClN3O3. The maximum Gasteiger partial charge on any atom is 0.260 e. The lowest BCUT2D eigenvalue weighted by molar-refractivity contribution is -0.132. The van der Waals surface area contributed by atoms with Crippen LogP contribution in [0.4, 0.5) is 0 Å². The zero-order chi connectivity index (χ0) is 15.4. The minimum absolute atomic E-state index is 0.0634. The van der Waals surface area contributed by atoms with E-state index in [0.717, 1.165) is 5.56 Å². The number of hydrogen-bond donors (Lipinski definition) is 0. The van der Waals surface area contributed by atoms with Gasteiger partial charge in [0.2, 0.25) is 11.8 Å². The first-order chi connectivity index (χ1) is 9.95. The monoisotopic (exact) mass is 309 g/mol. The van der Waals surface area contributed by atoms with Gasteiger partial charge in [-0.2, -0.15) is 0 Å². The van der Waals surface area contributed by atoms with Crippen LogP contribution in [0.25, 0.3) is 0 Å². The van der Waals surface area contributed by atoms with Crippen LogP contribution in [-0.2, 0) is 11.3 Å². The molecule has 0 fully saturated rings. The third-order valence-electron chi connectivity index (χ3n) is 2.85. The summed E-state index contributed by atoms with van der Waals surface area (Å²) in [7, 11) is 1.65. The molecule has 2 rings (SSSR count). The van der Waals surface area contributed by atoms with Crippen LogP contribution < -0.4 is 4.74 Å². The fraction of sp³-hybridized carbons (Fsp3) is 0.357. The van der Waals surface area contributed by atoms with Crippen molar-refractivity contribution in [1.29, 1.82) is 0 Å². The van der Waals surface area contributed by atoms with Crippen molar-refractivity contribution in [3.63, 3.8) is 0 Å². The summed E-state index contributed by atoms with van der Waals surface area (Å²) in [5.41, 5.74) is 0.880. The van der Waals surface area contributed by atoms with Crippen molar-refractivity contribution >= 4 is 17.5 Å². The highest BCUT2D eigenvalue weighted by molar-refractivity contribution is 6.30. The van der Waals surface area contributed by atoms with E-state index in [-0.39, 0.29) is 19.1 Å². The van der Waals surface area contributed by atoms with Gasteiger partial charge in [-0.15, -0.1) is 10.2 Å². The maximum absolute atomic E-state index is 12.0. The van der Waals surface area contributed by atoms with E-state index < -0.39 is 0 Å². The maximum atomic E-state index is 12.0. The van der Waals surface area contributed by atoms with Gasteiger partial charge in [-0.25, -0.2) is 0 Å². The van der Waals surface area contributed by atoms with E-state index in [1.807, 2.05) is 6.92 Å². The largest absolute Gasteiger partial charge is 0.483 e. The van der Waals surface area contributed by atoms with Gasteiger partial charge in [0, 0.05) is 19.0 Å². The van der Waals surface area contributed by atoms with E-state index in [1.165, 1.54) is 4.90 Å². The van der Waals surface area contributed by atoms with Gasteiger partial charge in [0.15, 0.2) is 6.61 Å². The molecule has 1 aromatic heterocycles. The summed E-state index contributed by atoms with van der Waals surface area (Å²) in [6.07, 6.45) is 0. The van der Waals surface area contributed by atoms with E-state index in [9.17, 15) is 4.79 Å². The summed E-state index contributed by atoms with van der Waals surface area (Å²) in [5.74, 6) is 1.32. The summed E-state index contributed by atoms with van der Waals surface area (Å²) in [5, 5.41) is 8.19. The van der Waals surface area contributed by atoms with Crippen molar-refractivity contribution in [2.45, 2.75) is 20.4 Å². The van der Waals surface area contributed by atoms with Crippen LogP contribution in [0.1, 0.15) is 17.3 Å². The fourth-order valence-electron chi connectivity index (χ4n) is 1.72. The molecule has 21 heavy (non-hydrogen) atoms. The summed E-state index contributed by atoms with van der Waals surface area (Å²) < 4.78 is 10.7. The van der Waals surface area contributed by atoms with E-state index >= 15 is 0 Å². The predicted octanol–water partition coefficient (Wildman–Crippen LogP) is 2.38. The minimum atomic E-state index is -0.180. The van der Waals surface area contributed by atoms with Crippen molar-refractivity contribution < 1.29 is 13.9 Å². The molecule has 0 radical (unpaired) electrons. The van der Waals surface area contributed by atoms with Crippen molar-refractivity contribution in [2.24, 2.45) is 0 Å². The highest BCUT2D eigenvalue weighted by Gasteiger charge is 2.14. The number of carbonyl (C=O) groups excluding carboxylic acids is 1. The first-order valence-electron chi connectivity index (χ1n) is 6.37. The van der Waals surface area contributed by atoms with Crippen LogP contribution in [0.2, 0.25) is 5.02 Å². The fourth-order valence-corrected chi connectivity index (χ4v) is 1.94. The lowest BCUT2D eigenvalue weighted by Crippen LogP contribution is -2.31. The summed E-state index contributed by atoms with van der Waals surface area (Å²) in [4.78, 5) is 13.5. The van der Waals surface area contributed by atoms with Gasteiger partial charge in [-0.05, 0) is 30.7 Å². The Balaban J connectivity index is 1.89. The second kappa shape index (κ2) is 6.58. The van der Waals surface area contributed by atoms with Gasteiger partial charge in [-0.1, -0.05) is 11.6 Å². The number of nitrogens with zero attached hydrogens (tertiary/aromatic N) is 3. The number of rotatable bonds is 5. The Bertz CT molecular complexity index is 642. The van der Waals surface area contributed by atoms with E-state index in [2.05, 4.69) is 10.2 Å². The smallest absolute Gasteiger partial charge is 0.260 e. The van der Waals surface area contributed by atoms with Crippen molar-refractivity contribution in [2.75, 3.05) is 13.7 Å². The van der Waals surface area contributed by atoms with Gasteiger partial charge in [0.05, 0.1) is 6.54 Å². The van der Waals surface area contributed by atoms with Crippen LogP contribution in [0.5, 0.6) is 5.75 Å². The molecule has 0 saturated carbocycles. The third kappa shape index (κ3) is 4.19. The van der Waals surface area contributed by atoms with E-state index in [0.29, 0.717) is 22.6 Å². The summed E-state index contributed by atoms with van der Waals surface area (Å²) >= 11 is 5.87. The van der Waals surface area contributed by atoms with Gasteiger partial charge >= 0.3 is 0 Å². The number of likely N-dealkylation sites (N-methyl/N-ethyl adjacent to an activating group) is 1. The van der Waals surface area contributed by atoms with Crippen LogP contribution in [0, 0.1) is 13.8 Å². The SMILES string of the molecule is Cc1nnc(CN(C)C(=O)COc2ccc(Cl)cc2C)o1. The molecule has 0 aliphatic rings. The van der Waals surface area contributed by atoms with E-state index in [1.54, 1.807) is 32.2 Å². The number of halogens is 1. The zero-order valence-corrected chi connectivity index (χ0v) is 12.8. The van der Waals surface area contributed by atoms with Crippen molar-refractivity contribution in [3.8, 4) is 5.75 Å². The zero-order valence-electron chi connectivity index (χ0n) is 12.1. The van der Waals surface area contributed by atoms with Crippen LogP contribution in [-0.4, -0.2) is 34.7 Å². The topological polar surface area (TPSA) is 68.5 Å². The molecule has 6 nitrogen and oxygen atoms in total. The van der Waals surface area contributed by atoms with E-state index in [4.69, 9.17) is 20.8 Å². The van der Waals surface area contributed by atoms with Gasteiger partial charge < -0.3 is 14.1 Å². The van der Waals surface area contributed by atoms with Crippen LogP contribution in [0.3, 0.4) is 0 Å². The number of amides is 1. The number of aromatic nitrogens is 2. The second-order valence-electron chi connectivity index (χ2n) is 4.66. The molecule has 0 saturated heterocycles. The molecule has 0 aliphatic heterocycles. The molecular weight excluding hydrogens is 294 g/mol. The lowest BCUT2D eigenvalue weighted by atomic mass is 10.2. The molecule has 0 unspecified atom stereocenters. The molecule has 0 spiro atoms. The lowest BCUT2D eigenvalue weighted by Gasteiger charge is -2.16. The number of carbonyl (C=O) groups is 1. The minimum Gasteiger partial charge on any atom is -0.483 e. The standard InChI is InChI=1S/C14H16ClN3O3/c1-9-6-11(15)4-5-12(9)20-8-14(19)18(3)7-13-17-16-10(2)21-13/h4-6H,7-8H2,1-3H3.